The second-order valence-electron chi connectivity index (χ2n) is 6.83. The number of hydrogen-bond donors (Lipinski definition) is 1. The summed E-state index contributed by atoms with van der Waals surface area (Å²) >= 11 is 3.53. The van der Waals surface area contributed by atoms with Crippen molar-refractivity contribution in [2.24, 2.45) is 11.8 Å². The summed E-state index contributed by atoms with van der Waals surface area (Å²) in [7, 11) is 0. The van der Waals surface area contributed by atoms with E-state index in [0.29, 0.717) is 6.10 Å². The molecule has 3 heteroatoms. The minimum atomic E-state index is 0.305. The average Bonchev–Trinajstić information content (AvgIpc) is 2.85. The molecule has 0 spiro atoms. The number of benzene rings is 1. The molecule has 116 valence electrons. The van der Waals surface area contributed by atoms with Crippen molar-refractivity contribution in [3.8, 4) is 5.75 Å². The molecule has 2 nitrogen and oxygen atoms in total. The van der Waals surface area contributed by atoms with Gasteiger partial charge in [-0.1, -0.05) is 42.1 Å². The van der Waals surface area contributed by atoms with E-state index < -0.39 is 0 Å². The molecule has 0 radical (unpaired) electrons. The maximum atomic E-state index is 5.99. The van der Waals surface area contributed by atoms with E-state index in [1.54, 1.807) is 0 Å². The van der Waals surface area contributed by atoms with Gasteiger partial charge < -0.3 is 10.1 Å². The van der Waals surface area contributed by atoms with E-state index in [2.05, 4.69) is 46.4 Å². The summed E-state index contributed by atoms with van der Waals surface area (Å²) in [6.07, 6.45) is 8.40. The van der Waals surface area contributed by atoms with Crippen LogP contribution in [0.4, 0.5) is 0 Å². The van der Waals surface area contributed by atoms with E-state index in [-0.39, 0.29) is 0 Å². The number of fused-ring (bicyclic) bond motifs is 1. The van der Waals surface area contributed by atoms with Gasteiger partial charge in [0.2, 0.25) is 0 Å². The van der Waals surface area contributed by atoms with Crippen LogP contribution in [-0.2, 0) is 6.42 Å². The highest BCUT2D eigenvalue weighted by molar-refractivity contribution is 9.10. The second-order valence-corrected chi connectivity index (χ2v) is 7.74. The van der Waals surface area contributed by atoms with E-state index in [1.807, 2.05) is 0 Å². The Bertz CT molecular complexity index is 476. The Balaban J connectivity index is 1.36. The standard InChI is InChI=1S/C18H26BrNO/c1-13-3-2-4-14(9-13)7-8-20-12-17-11-15-10-16(19)5-6-18(15)21-17/h5-6,10,13-14,17,20H,2-4,7-9,11-12H2,1H3. The topological polar surface area (TPSA) is 21.3 Å². The van der Waals surface area contributed by atoms with Crippen molar-refractivity contribution in [1.82, 2.24) is 5.32 Å². The van der Waals surface area contributed by atoms with Gasteiger partial charge in [-0.15, -0.1) is 0 Å². The van der Waals surface area contributed by atoms with Crippen LogP contribution < -0.4 is 10.1 Å². The summed E-state index contributed by atoms with van der Waals surface area (Å²) in [6, 6.07) is 6.31. The molecule has 3 atom stereocenters. The van der Waals surface area contributed by atoms with Crippen molar-refractivity contribution in [2.75, 3.05) is 13.1 Å². The molecule has 1 N–H and O–H groups in total. The Labute approximate surface area is 136 Å². The number of nitrogens with one attached hydrogen (secondary N) is 1. The molecule has 1 aliphatic heterocycles. The molecule has 3 unspecified atom stereocenters. The van der Waals surface area contributed by atoms with Crippen molar-refractivity contribution in [3.63, 3.8) is 0 Å². The lowest BCUT2D eigenvalue weighted by Crippen LogP contribution is -2.31. The lowest BCUT2D eigenvalue weighted by Gasteiger charge is -2.26. The maximum Gasteiger partial charge on any atom is 0.123 e. The minimum Gasteiger partial charge on any atom is -0.488 e. The second kappa shape index (κ2) is 7.15. The molecule has 21 heavy (non-hydrogen) atoms. The summed E-state index contributed by atoms with van der Waals surface area (Å²) in [5, 5.41) is 3.60. The predicted octanol–water partition coefficient (Wildman–Crippen LogP) is 4.56. The van der Waals surface area contributed by atoms with E-state index in [1.165, 1.54) is 37.7 Å². The quantitative estimate of drug-likeness (QED) is 0.785. The van der Waals surface area contributed by atoms with Gasteiger partial charge in [-0.2, -0.15) is 0 Å². The van der Waals surface area contributed by atoms with Crippen LogP contribution in [0, 0.1) is 11.8 Å². The first-order valence-electron chi connectivity index (χ1n) is 8.36. The monoisotopic (exact) mass is 351 g/mol. The zero-order chi connectivity index (χ0) is 14.7. The van der Waals surface area contributed by atoms with Crippen LogP contribution in [0.15, 0.2) is 22.7 Å². The fraction of sp³-hybridized carbons (Fsp3) is 0.667. The Morgan fingerprint density at radius 1 is 1.33 bits per heavy atom. The first-order chi connectivity index (χ1) is 10.2. The van der Waals surface area contributed by atoms with Gasteiger partial charge in [0.15, 0.2) is 0 Å². The van der Waals surface area contributed by atoms with Crippen LogP contribution in [0.25, 0.3) is 0 Å². The summed E-state index contributed by atoms with van der Waals surface area (Å²) in [4.78, 5) is 0. The summed E-state index contributed by atoms with van der Waals surface area (Å²) in [6.45, 7) is 4.51. The number of hydrogen-bond acceptors (Lipinski definition) is 2. The normalized spacial score (nSPS) is 28.2. The lowest BCUT2D eigenvalue weighted by atomic mass is 9.81. The van der Waals surface area contributed by atoms with Gasteiger partial charge in [0.1, 0.15) is 11.9 Å². The molecule has 1 heterocycles. The first kappa shape index (κ1) is 15.4. The van der Waals surface area contributed by atoms with Crippen molar-refractivity contribution in [3.05, 3.63) is 28.2 Å². The molecule has 2 aliphatic rings. The van der Waals surface area contributed by atoms with Gasteiger partial charge in [-0.05, 0) is 55.0 Å². The van der Waals surface area contributed by atoms with E-state index in [0.717, 1.165) is 41.6 Å². The zero-order valence-corrected chi connectivity index (χ0v) is 14.5. The highest BCUT2D eigenvalue weighted by atomic mass is 79.9. The Morgan fingerprint density at radius 2 is 2.24 bits per heavy atom. The maximum absolute atomic E-state index is 5.99. The molecule has 1 aromatic carbocycles. The molecule has 0 bridgehead atoms. The van der Waals surface area contributed by atoms with Crippen molar-refractivity contribution >= 4 is 15.9 Å². The molecule has 1 fully saturated rings. The Kier molecular flexibility index (Phi) is 5.23. The smallest absolute Gasteiger partial charge is 0.123 e. The lowest BCUT2D eigenvalue weighted by molar-refractivity contribution is 0.221. The SMILES string of the molecule is CC1CCCC(CCNCC2Cc3cc(Br)ccc3O2)C1. The largest absolute Gasteiger partial charge is 0.488 e. The number of ether oxygens (including phenoxy) is 1. The number of rotatable bonds is 5. The van der Waals surface area contributed by atoms with Gasteiger partial charge in [-0.3, -0.25) is 0 Å². The molecular weight excluding hydrogens is 326 g/mol. The third-order valence-corrected chi connectivity index (χ3v) is 5.40. The third kappa shape index (κ3) is 4.23. The number of halogens is 1. The van der Waals surface area contributed by atoms with Crippen molar-refractivity contribution < 1.29 is 4.74 Å². The van der Waals surface area contributed by atoms with Crippen molar-refractivity contribution in [1.29, 1.82) is 0 Å². The molecule has 0 amide bonds. The van der Waals surface area contributed by atoms with E-state index >= 15 is 0 Å². The molecule has 1 saturated carbocycles. The summed E-state index contributed by atoms with van der Waals surface area (Å²) in [5.74, 6) is 2.94. The molecule has 1 aromatic rings. The molecule has 0 aromatic heterocycles. The van der Waals surface area contributed by atoms with Crippen LogP contribution in [0.2, 0.25) is 0 Å². The van der Waals surface area contributed by atoms with E-state index in [4.69, 9.17) is 4.74 Å². The molecule has 0 saturated heterocycles. The van der Waals surface area contributed by atoms with Gasteiger partial charge in [0, 0.05) is 17.4 Å². The van der Waals surface area contributed by atoms with Crippen LogP contribution in [0.5, 0.6) is 5.75 Å². The van der Waals surface area contributed by atoms with Crippen LogP contribution in [-0.4, -0.2) is 19.2 Å². The van der Waals surface area contributed by atoms with Crippen LogP contribution in [0.1, 0.15) is 44.6 Å². The van der Waals surface area contributed by atoms with Gasteiger partial charge in [-0.25, -0.2) is 0 Å². The highest BCUT2D eigenvalue weighted by Crippen LogP contribution is 2.31. The fourth-order valence-corrected chi connectivity index (χ4v) is 4.20. The minimum absolute atomic E-state index is 0.305. The fourth-order valence-electron chi connectivity index (χ4n) is 3.79. The van der Waals surface area contributed by atoms with Gasteiger partial charge in [0.05, 0.1) is 0 Å². The predicted molar refractivity (Wildman–Crippen MR) is 90.9 cm³/mol. The summed E-state index contributed by atoms with van der Waals surface area (Å²) in [5.41, 5.74) is 1.33. The third-order valence-electron chi connectivity index (χ3n) is 4.91. The average molecular weight is 352 g/mol. The molecular formula is C18H26BrNO. The summed E-state index contributed by atoms with van der Waals surface area (Å²) < 4.78 is 7.13. The Morgan fingerprint density at radius 3 is 3.10 bits per heavy atom. The molecule has 3 rings (SSSR count). The van der Waals surface area contributed by atoms with Crippen LogP contribution in [0.3, 0.4) is 0 Å². The highest BCUT2D eigenvalue weighted by Gasteiger charge is 2.23. The first-order valence-corrected chi connectivity index (χ1v) is 9.16. The van der Waals surface area contributed by atoms with Gasteiger partial charge in [0.25, 0.3) is 0 Å². The van der Waals surface area contributed by atoms with Gasteiger partial charge >= 0.3 is 0 Å². The van der Waals surface area contributed by atoms with Crippen molar-refractivity contribution in [2.45, 2.75) is 51.6 Å². The zero-order valence-electron chi connectivity index (χ0n) is 12.9. The van der Waals surface area contributed by atoms with Crippen LogP contribution >= 0.6 is 15.9 Å². The van der Waals surface area contributed by atoms with E-state index in [9.17, 15) is 0 Å². The Hall–Kier alpha value is -0.540. The molecule has 1 aliphatic carbocycles.